The Kier molecular flexibility index (Phi) is 9.88. The number of benzene rings is 2. The van der Waals surface area contributed by atoms with Gasteiger partial charge in [0.15, 0.2) is 0 Å². The number of rotatable bonds is 7. The van der Waals surface area contributed by atoms with Crippen LogP contribution >= 0.6 is 11.6 Å². The van der Waals surface area contributed by atoms with E-state index in [0.717, 1.165) is 16.8 Å². The lowest BCUT2D eigenvalue weighted by Crippen LogP contribution is -2.37. The molecule has 1 heterocycles. The molecule has 0 bridgehead atoms. The lowest BCUT2D eigenvalue weighted by atomic mass is 10.1. The molecule has 0 aliphatic heterocycles. The fraction of sp³-hybridized carbons (Fsp3) is 0.348. The fourth-order valence-electron chi connectivity index (χ4n) is 2.86. The van der Waals surface area contributed by atoms with Gasteiger partial charge in [-0.1, -0.05) is 11.6 Å². The van der Waals surface area contributed by atoms with Gasteiger partial charge >= 0.3 is 17.9 Å². The van der Waals surface area contributed by atoms with Crippen LogP contribution in [-0.2, 0) is 27.6 Å². The summed E-state index contributed by atoms with van der Waals surface area (Å²) in [6.07, 6.45) is -3.69. The molecule has 1 aromatic heterocycles. The van der Waals surface area contributed by atoms with Crippen molar-refractivity contribution in [3.63, 3.8) is 0 Å². The summed E-state index contributed by atoms with van der Waals surface area (Å²) in [4.78, 5) is 24.5. The molecule has 0 unspecified atom stereocenters. The molecule has 38 heavy (non-hydrogen) atoms. The van der Waals surface area contributed by atoms with Gasteiger partial charge in [-0.05, 0) is 42.5 Å². The van der Waals surface area contributed by atoms with Crippen molar-refractivity contribution in [1.82, 2.24) is 9.78 Å². The highest BCUT2D eigenvalue weighted by atomic mass is 35.5. The Morgan fingerprint density at radius 1 is 1.16 bits per heavy atom. The molecular formula is C23H25ClF3N3O7S. The fourth-order valence-corrected chi connectivity index (χ4v) is 3.05. The number of alkyl halides is 3. The molecule has 0 N–H and O–H groups in total. The van der Waals surface area contributed by atoms with Crippen molar-refractivity contribution >= 4 is 27.7 Å². The van der Waals surface area contributed by atoms with Crippen LogP contribution in [-0.4, -0.2) is 67.1 Å². The van der Waals surface area contributed by atoms with Crippen molar-refractivity contribution in [2.24, 2.45) is 0 Å². The van der Waals surface area contributed by atoms with Gasteiger partial charge in [0.1, 0.15) is 5.75 Å². The van der Waals surface area contributed by atoms with Crippen LogP contribution in [0, 0.1) is 0 Å². The third-order valence-electron chi connectivity index (χ3n) is 4.62. The lowest BCUT2D eigenvalue weighted by Gasteiger charge is -2.23. The second-order valence-corrected chi connectivity index (χ2v) is 10.9. The molecule has 0 saturated carbocycles. The molecule has 15 heteroatoms. The Balaban J connectivity index is 0.000000926. The van der Waals surface area contributed by atoms with E-state index in [9.17, 15) is 22.8 Å². The van der Waals surface area contributed by atoms with E-state index in [2.05, 4.69) is 5.10 Å². The number of nitrogens with zero attached hydrogens (tertiary/aromatic N) is 3. The van der Waals surface area contributed by atoms with E-state index < -0.39 is 33.6 Å². The number of esters is 1. The zero-order valence-corrected chi connectivity index (χ0v) is 22.4. The van der Waals surface area contributed by atoms with Crippen LogP contribution in [0.15, 0.2) is 51.7 Å². The van der Waals surface area contributed by atoms with E-state index in [1.807, 2.05) is 21.1 Å². The van der Waals surface area contributed by atoms with Gasteiger partial charge < -0.3 is 18.2 Å². The Morgan fingerprint density at radius 2 is 1.74 bits per heavy atom. The zero-order chi connectivity index (χ0) is 28.9. The van der Waals surface area contributed by atoms with Crippen molar-refractivity contribution in [3.05, 3.63) is 69.2 Å². The number of carbonyl (C=O) groups is 1. The van der Waals surface area contributed by atoms with Crippen molar-refractivity contribution in [2.75, 3.05) is 33.9 Å². The molecule has 0 spiro atoms. The summed E-state index contributed by atoms with van der Waals surface area (Å²) in [5, 5.41) is 4.41. The maximum absolute atomic E-state index is 12.8. The SMILES string of the molecule is CS(=O)(=O)[O-].C[N+](C)(C)CCC(=O)Oc1ccc(Cl)cc1Cn1nc(-c2ccc(C(F)(F)F)cc2)oc1=O. The second kappa shape index (κ2) is 12.1. The first kappa shape index (κ1) is 31.0. The largest absolute Gasteiger partial charge is 0.748 e. The number of hydrogen-bond donors (Lipinski definition) is 0. The van der Waals surface area contributed by atoms with Gasteiger partial charge in [0.2, 0.25) is 5.89 Å². The predicted molar refractivity (Wildman–Crippen MR) is 131 cm³/mol. The minimum absolute atomic E-state index is 0.124. The van der Waals surface area contributed by atoms with Crippen LogP contribution in [0.2, 0.25) is 5.02 Å². The number of ether oxygens (including phenoxy) is 1. The molecule has 0 atom stereocenters. The molecule has 0 aliphatic rings. The van der Waals surface area contributed by atoms with Gasteiger partial charge in [-0.25, -0.2) is 13.2 Å². The monoisotopic (exact) mass is 579 g/mol. The van der Waals surface area contributed by atoms with Gasteiger partial charge in [-0.2, -0.15) is 17.9 Å². The molecule has 3 aromatic rings. The van der Waals surface area contributed by atoms with Crippen molar-refractivity contribution in [3.8, 4) is 17.2 Å². The summed E-state index contributed by atoms with van der Waals surface area (Å²) in [6.45, 7) is 0.447. The highest BCUT2D eigenvalue weighted by Crippen LogP contribution is 2.30. The summed E-state index contributed by atoms with van der Waals surface area (Å²) in [5.74, 6) is -1.19. The molecule has 0 aliphatic carbocycles. The van der Waals surface area contributed by atoms with Gasteiger partial charge in [0, 0.05) is 22.4 Å². The molecule has 0 fully saturated rings. The van der Waals surface area contributed by atoms with Crippen LogP contribution < -0.4 is 10.5 Å². The van der Waals surface area contributed by atoms with Crippen molar-refractivity contribution in [1.29, 1.82) is 0 Å². The summed E-state index contributed by atoms with van der Waals surface area (Å²) in [6, 6.07) is 8.68. The van der Waals surface area contributed by atoms with E-state index in [-0.39, 0.29) is 30.2 Å². The first-order chi connectivity index (χ1) is 17.3. The van der Waals surface area contributed by atoms with Crippen molar-refractivity contribution in [2.45, 2.75) is 19.1 Å². The second-order valence-electron chi connectivity index (χ2n) is 9.10. The summed E-state index contributed by atoms with van der Waals surface area (Å²) in [7, 11) is 1.94. The van der Waals surface area contributed by atoms with E-state index >= 15 is 0 Å². The zero-order valence-electron chi connectivity index (χ0n) is 20.8. The van der Waals surface area contributed by atoms with Crippen LogP contribution in [0.1, 0.15) is 17.5 Å². The van der Waals surface area contributed by atoms with Gasteiger partial charge in [0.25, 0.3) is 0 Å². The van der Waals surface area contributed by atoms with Crippen molar-refractivity contribution < 1.29 is 44.6 Å². The highest BCUT2D eigenvalue weighted by molar-refractivity contribution is 7.84. The van der Waals surface area contributed by atoms with E-state index in [4.69, 9.17) is 33.7 Å². The normalized spacial score (nSPS) is 12.0. The first-order valence-corrected chi connectivity index (χ1v) is 13.0. The summed E-state index contributed by atoms with van der Waals surface area (Å²) in [5.41, 5.74) is -0.212. The van der Waals surface area contributed by atoms with Crippen LogP contribution in [0.5, 0.6) is 5.75 Å². The average molecular weight is 580 g/mol. The number of aromatic nitrogens is 2. The van der Waals surface area contributed by atoms with E-state index in [1.165, 1.54) is 24.3 Å². The molecule has 0 radical (unpaired) electrons. The highest BCUT2D eigenvalue weighted by Gasteiger charge is 2.30. The molecule has 0 saturated heterocycles. The first-order valence-electron chi connectivity index (χ1n) is 10.8. The minimum Gasteiger partial charge on any atom is -0.748 e. The minimum atomic E-state index is -4.48. The summed E-state index contributed by atoms with van der Waals surface area (Å²) >= 11 is 6.07. The third-order valence-corrected chi connectivity index (χ3v) is 4.85. The molecule has 2 aromatic carbocycles. The molecule has 0 amide bonds. The van der Waals surface area contributed by atoms with Crippen LogP contribution in [0.4, 0.5) is 13.2 Å². The quantitative estimate of drug-likeness (QED) is 0.180. The molecule has 208 valence electrons. The maximum atomic E-state index is 12.8. The van der Waals surface area contributed by atoms with E-state index in [0.29, 0.717) is 27.9 Å². The smallest absolute Gasteiger partial charge is 0.437 e. The van der Waals surface area contributed by atoms with Crippen LogP contribution in [0.3, 0.4) is 0 Å². The maximum Gasteiger partial charge on any atom is 0.437 e. The molecule has 10 nitrogen and oxygen atoms in total. The van der Waals surface area contributed by atoms with Crippen LogP contribution in [0.25, 0.3) is 11.5 Å². The Hall–Kier alpha value is -3.20. The number of hydrogen-bond acceptors (Lipinski definition) is 8. The van der Waals surface area contributed by atoms with Gasteiger partial charge in [-0.3, -0.25) is 4.79 Å². The third kappa shape index (κ3) is 10.7. The number of quaternary nitrogens is 1. The Bertz CT molecular complexity index is 1420. The standard InChI is InChI=1S/C22H22ClF3N3O4.CH4O3S/c1-29(2,3)11-10-19(30)32-18-9-8-17(23)12-15(18)13-28-21(31)33-20(27-28)14-4-6-16(7-5-14)22(24,25)26;1-5(2,3)4/h4-9,12H,10-11,13H2,1-3H3;1H3,(H,2,3,4)/q+1;/p-1. The average Bonchev–Trinajstić information content (AvgIpc) is 3.12. The predicted octanol–water partition coefficient (Wildman–Crippen LogP) is 3.39. The van der Waals surface area contributed by atoms with E-state index in [1.54, 1.807) is 6.07 Å². The lowest BCUT2D eigenvalue weighted by molar-refractivity contribution is -0.869. The number of halogens is 4. The van der Waals surface area contributed by atoms with Gasteiger partial charge in [0.05, 0.1) is 56.3 Å². The topological polar surface area (TPSA) is 132 Å². The van der Waals surface area contributed by atoms with Gasteiger partial charge in [-0.15, -0.1) is 5.10 Å². The number of carbonyl (C=O) groups excluding carboxylic acids is 1. The Labute approximate surface area is 221 Å². The summed E-state index contributed by atoms with van der Waals surface area (Å²) < 4.78 is 77.6. The Morgan fingerprint density at radius 3 is 2.26 bits per heavy atom. The molecular weight excluding hydrogens is 555 g/mol. The molecule has 3 rings (SSSR count).